The average molecular weight is 332 g/mol. The molecule has 1 rings (SSSR count). The summed E-state index contributed by atoms with van der Waals surface area (Å²) >= 11 is 6.06. The molecule has 0 aliphatic carbocycles. The lowest BCUT2D eigenvalue weighted by Crippen LogP contribution is -2.23. The Bertz CT molecular complexity index is 466. The minimum Gasteiger partial charge on any atom is -0.496 e. The standard InChI is InChI=1S/C14H20ClNO4.C2H6/c1-16(5-6-18-2)9-10-7-11(15)8-12(13(10)19-3)14(17)20-4;1-2/h7-8H,5-6,9H2,1-4H3;1-2H3. The first-order valence-corrected chi connectivity index (χ1v) is 7.53. The van der Waals surface area contributed by atoms with Crippen LogP contribution in [-0.2, 0) is 16.0 Å². The highest BCUT2D eigenvalue weighted by molar-refractivity contribution is 6.31. The van der Waals surface area contributed by atoms with Gasteiger partial charge in [-0.2, -0.15) is 0 Å². The molecule has 0 saturated heterocycles. The molecule has 0 spiro atoms. The highest BCUT2D eigenvalue weighted by atomic mass is 35.5. The second-order valence-corrected chi connectivity index (χ2v) is 4.80. The fraction of sp³-hybridized carbons (Fsp3) is 0.562. The number of benzene rings is 1. The highest BCUT2D eigenvalue weighted by Crippen LogP contribution is 2.29. The van der Waals surface area contributed by atoms with Gasteiger partial charge in [0.25, 0.3) is 0 Å². The second-order valence-electron chi connectivity index (χ2n) is 4.37. The summed E-state index contributed by atoms with van der Waals surface area (Å²) in [6.07, 6.45) is 0. The molecule has 0 N–H and O–H groups in total. The molecule has 0 unspecified atom stereocenters. The Morgan fingerprint density at radius 3 is 2.36 bits per heavy atom. The Hall–Kier alpha value is -1.30. The fourth-order valence-electron chi connectivity index (χ4n) is 1.89. The Morgan fingerprint density at radius 2 is 1.86 bits per heavy atom. The third kappa shape index (κ3) is 6.22. The van der Waals surface area contributed by atoms with Crippen LogP contribution in [0, 0.1) is 0 Å². The Labute approximate surface area is 138 Å². The average Bonchev–Trinajstić information content (AvgIpc) is 2.53. The molecule has 0 bridgehead atoms. The molecule has 0 fully saturated rings. The summed E-state index contributed by atoms with van der Waals surface area (Å²) in [7, 11) is 6.46. The number of likely N-dealkylation sites (N-methyl/N-ethyl adjacent to an activating group) is 1. The molecule has 126 valence electrons. The molecule has 0 radical (unpaired) electrons. The maximum Gasteiger partial charge on any atom is 0.341 e. The number of esters is 1. The second kappa shape index (κ2) is 11.3. The molecular formula is C16H26ClNO4. The maximum atomic E-state index is 11.8. The lowest BCUT2D eigenvalue weighted by molar-refractivity contribution is 0.0596. The molecule has 0 aliphatic rings. The molecule has 0 aromatic heterocycles. The SMILES string of the molecule is CC.COCCN(C)Cc1cc(Cl)cc(C(=O)OC)c1OC. The van der Waals surface area contributed by atoms with Crippen LogP contribution < -0.4 is 4.74 Å². The molecular weight excluding hydrogens is 306 g/mol. The molecule has 22 heavy (non-hydrogen) atoms. The minimum absolute atomic E-state index is 0.331. The summed E-state index contributed by atoms with van der Waals surface area (Å²) < 4.78 is 15.1. The van der Waals surface area contributed by atoms with E-state index in [4.69, 9.17) is 25.8 Å². The van der Waals surface area contributed by atoms with Crippen molar-refractivity contribution >= 4 is 17.6 Å². The van der Waals surface area contributed by atoms with Crippen LogP contribution in [0.5, 0.6) is 5.75 Å². The first kappa shape index (κ1) is 20.7. The zero-order valence-corrected chi connectivity index (χ0v) is 15.0. The van der Waals surface area contributed by atoms with Crippen molar-refractivity contribution in [1.29, 1.82) is 0 Å². The number of rotatable bonds is 7. The summed E-state index contributed by atoms with van der Waals surface area (Å²) in [5.74, 6) is 0.0238. The smallest absolute Gasteiger partial charge is 0.341 e. The monoisotopic (exact) mass is 331 g/mol. The van der Waals surface area contributed by atoms with Gasteiger partial charge in [0.2, 0.25) is 0 Å². The van der Waals surface area contributed by atoms with Gasteiger partial charge < -0.3 is 14.2 Å². The van der Waals surface area contributed by atoms with E-state index in [1.54, 1.807) is 19.2 Å². The zero-order chi connectivity index (χ0) is 17.1. The topological polar surface area (TPSA) is 48.0 Å². The predicted octanol–water partition coefficient (Wildman–Crippen LogP) is 3.24. The zero-order valence-electron chi connectivity index (χ0n) is 14.2. The number of hydrogen-bond acceptors (Lipinski definition) is 5. The number of hydrogen-bond donors (Lipinski definition) is 0. The van der Waals surface area contributed by atoms with E-state index in [1.807, 2.05) is 20.9 Å². The van der Waals surface area contributed by atoms with Gasteiger partial charge >= 0.3 is 5.97 Å². The van der Waals surface area contributed by atoms with Gasteiger partial charge in [-0.05, 0) is 19.2 Å². The lowest BCUT2D eigenvalue weighted by Gasteiger charge is -2.19. The van der Waals surface area contributed by atoms with Crippen molar-refractivity contribution in [2.45, 2.75) is 20.4 Å². The number of carbonyl (C=O) groups excluding carboxylic acids is 1. The molecule has 0 saturated carbocycles. The molecule has 5 nitrogen and oxygen atoms in total. The number of methoxy groups -OCH3 is 3. The van der Waals surface area contributed by atoms with Crippen molar-refractivity contribution < 1.29 is 19.0 Å². The maximum absolute atomic E-state index is 11.8. The molecule has 6 heteroatoms. The van der Waals surface area contributed by atoms with Gasteiger partial charge in [0, 0.05) is 30.8 Å². The van der Waals surface area contributed by atoms with E-state index in [2.05, 4.69) is 4.90 Å². The minimum atomic E-state index is -0.467. The summed E-state index contributed by atoms with van der Waals surface area (Å²) in [6.45, 7) is 5.99. The number of carbonyl (C=O) groups is 1. The third-order valence-electron chi connectivity index (χ3n) is 2.86. The van der Waals surface area contributed by atoms with Crippen LogP contribution in [0.2, 0.25) is 5.02 Å². The number of nitrogens with zero attached hydrogens (tertiary/aromatic N) is 1. The van der Waals surface area contributed by atoms with Gasteiger partial charge in [0.15, 0.2) is 0 Å². The van der Waals surface area contributed by atoms with Gasteiger partial charge in [-0.15, -0.1) is 0 Å². The van der Waals surface area contributed by atoms with Crippen molar-refractivity contribution in [2.24, 2.45) is 0 Å². The number of ether oxygens (including phenoxy) is 3. The Morgan fingerprint density at radius 1 is 1.23 bits per heavy atom. The van der Waals surface area contributed by atoms with E-state index in [9.17, 15) is 4.79 Å². The molecule has 1 aromatic rings. The van der Waals surface area contributed by atoms with Crippen LogP contribution in [0.15, 0.2) is 12.1 Å². The van der Waals surface area contributed by atoms with Gasteiger partial charge in [0.1, 0.15) is 11.3 Å². The van der Waals surface area contributed by atoms with Crippen molar-refractivity contribution in [1.82, 2.24) is 4.90 Å². The van der Waals surface area contributed by atoms with Gasteiger partial charge in [-0.25, -0.2) is 4.79 Å². The van der Waals surface area contributed by atoms with Crippen molar-refractivity contribution in [3.63, 3.8) is 0 Å². The van der Waals surface area contributed by atoms with Crippen LogP contribution in [0.4, 0.5) is 0 Å². The largest absolute Gasteiger partial charge is 0.496 e. The van der Waals surface area contributed by atoms with Crippen LogP contribution in [0.25, 0.3) is 0 Å². The first-order valence-electron chi connectivity index (χ1n) is 7.15. The van der Waals surface area contributed by atoms with Crippen LogP contribution in [0.3, 0.4) is 0 Å². The predicted molar refractivity (Wildman–Crippen MR) is 88.9 cm³/mol. The first-order chi connectivity index (χ1) is 10.5. The van der Waals surface area contributed by atoms with Crippen molar-refractivity contribution in [3.05, 3.63) is 28.3 Å². The van der Waals surface area contributed by atoms with Gasteiger partial charge in [0.05, 0.1) is 20.8 Å². The molecule has 0 atom stereocenters. The molecule has 1 aromatic carbocycles. The van der Waals surface area contributed by atoms with E-state index in [1.165, 1.54) is 14.2 Å². The Balaban J connectivity index is 0.00000211. The molecule has 0 amide bonds. The summed E-state index contributed by atoms with van der Waals surface area (Å²) in [4.78, 5) is 13.8. The van der Waals surface area contributed by atoms with Crippen LogP contribution >= 0.6 is 11.6 Å². The number of halogens is 1. The van der Waals surface area contributed by atoms with E-state index >= 15 is 0 Å². The molecule has 0 aliphatic heterocycles. The van der Waals surface area contributed by atoms with Crippen molar-refractivity contribution in [3.8, 4) is 5.75 Å². The summed E-state index contributed by atoms with van der Waals surface area (Å²) in [5, 5.41) is 0.473. The Kier molecular flexibility index (Phi) is 10.6. The van der Waals surface area contributed by atoms with Crippen LogP contribution in [-0.4, -0.2) is 52.4 Å². The van der Waals surface area contributed by atoms with Gasteiger partial charge in [-0.1, -0.05) is 25.4 Å². The van der Waals surface area contributed by atoms with Crippen LogP contribution in [0.1, 0.15) is 29.8 Å². The van der Waals surface area contributed by atoms with Gasteiger partial charge in [-0.3, -0.25) is 4.90 Å². The third-order valence-corrected chi connectivity index (χ3v) is 3.08. The van der Waals surface area contributed by atoms with E-state index in [-0.39, 0.29) is 0 Å². The summed E-state index contributed by atoms with van der Waals surface area (Å²) in [6, 6.07) is 3.33. The normalized spacial score (nSPS) is 10.0. The quantitative estimate of drug-likeness (QED) is 0.718. The van der Waals surface area contributed by atoms with E-state index in [0.717, 1.165) is 12.1 Å². The summed E-state index contributed by atoms with van der Waals surface area (Å²) in [5.41, 5.74) is 1.16. The van der Waals surface area contributed by atoms with E-state index < -0.39 is 5.97 Å². The fourth-order valence-corrected chi connectivity index (χ4v) is 2.13. The van der Waals surface area contributed by atoms with E-state index in [0.29, 0.717) is 29.5 Å². The highest BCUT2D eigenvalue weighted by Gasteiger charge is 2.18. The van der Waals surface area contributed by atoms with Crippen molar-refractivity contribution in [2.75, 3.05) is 41.5 Å². The molecule has 0 heterocycles. The lowest BCUT2D eigenvalue weighted by atomic mass is 10.1.